The third-order valence-electron chi connectivity index (χ3n) is 3.46. The van der Waals surface area contributed by atoms with E-state index in [1.807, 2.05) is 37.3 Å². The number of hydrogen-bond acceptors (Lipinski definition) is 3. The molecule has 0 spiro atoms. The van der Waals surface area contributed by atoms with Crippen LogP contribution in [-0.2, 0) is 4.79 Å². The molecule has 1 heterocycles. The second kappa shape index (κ2) is 5.29. The number of rotatable bonds is 3. The Kier molecular flexibility index (Phi) is 3.33. The molecule has 3 heteroatoms. The molecular formula is C17H16N2O. The molecule has 0 unspecified atom stereocenters. The van der Waals surface area contributed by atoms with Crippen LogP contribution in [0.3, 0.4) is 0 Å². The highest BCUT2D eigenvalue weighted by atomic mass is 16.1. The molecule has 20 heavy (non-hydrogen) atoms. The number of hydrazone groups is 1. The molecular weight excluding hydrogens is 248 g/mol. The van der Waals surface area contributed by atoms with Gasteiger partial charge in [-0.2, -0.15) is 5.10 Å². The summed E-state index contributed by atoms with van der Waals surface area (Å²) in [4.78, 5) is 11.7. The number of Topliss-reactive ketones (excluding diaryl/α,β-unsaturated/α-hetero) is 1. The Morgan fingerprint density at radius 1 is 1.00 bits per heavy atom. The number of ketones is 1. The van der Waals surface area contributed by atoms with Crippen molar-refractivity contribution in [2.75, 3.05) is 11.6 Å². The molecule has 0 saturated carbocycles. The topological polar surface area (TPSA) is 32.7 Å². The van der Waals surface area contributed by atoms with Crippen molar-refractivity contribution in [2.45, 2.75) is 13.3 Å². The molecule has 2 aromatic carbocycles. The lowest BCUT2D eigenvalue weighted by atomic mass is 10.1. The van der Waals surface area contributed by atoms with Crippen LogP contribution in [0.4, 0.5) is 5.69 Å². The summed E-state index contributed by atoms with van der Waals surface area (Å²) in [5.74, 6) is 0.125. The highest BCUT2D eigenvalue weighted by Crippen LogP contribution is 2.24. The monoisotopic (exact) mass is 264 g/mol. The van der Waals surface area contributed by atoms with Gasteiger partial charge in [0.1, 0.15) is 12.3 Å². The first-order valence-corrected chi connectivity index (χ1v) is 6.81. The normalized spacial score (nSPS) is 14.6. The lowest BCUT2D eigenvalue weighted by Gasteiger charge is -2.13. The maximum atomic E-state index is 11.7. The van der Waals surface area contributed by atoms with Crippen LogP contribution in [0.5, 0.6) is 0 Å². The number of benzene rings is 2. The van der Waals surface area contributed by atoms with Crippen LogP contribution in [0.25, 0.3) is 11.1 Å². The number of carbonyl (C=O) groups is 1. The zero-order valence-corrected chi connectivity index (χ0v) is 11.4. The van der Waals surface area contributed by atoms with E-state index >= 15 is 0 Å². The molecule has 0 radical (unpaired) electrons. The first kappa shape index (κ1) is 12.6. The predicted molar refractivity (Wildman–Crippen MR) is 82.0 cm³/mol. The van der Waals surface area contributed by atoms with E-state index in [0.717, 1.165) is 5.69 Å². The van der Waals surface area contributed by atoms with Crippen molar-refractivity contribution in [3.63, 3.8) is 0 Å². The van der Waals surface area contributed by atoms with Gasteiger partial charge in [0.2, 0.25) is 0 Å². The van der Waals surface area contributed by atoms with Gasteiger partial charge in [0.25, 0.3) is 0 Å². The molecule has 0 amide bonds. The molecule has 3 nitrogen and oxygen atoms in total. The third kappa shape index (κ3) is 2.35. The molecule has 1 aliphatic heterocycles. The van der Waals surface area contributed by atoms with E-state index in [2.05, 4.69) is 29.4 Å². The van der Waals surface area contributed by atoms with Gasteiger partial charge in [-0.3, -0.25) is 9.80 Å². The minimum atomic E-state index is 0.125. The first-order chi connectivity index (χ1) is 9.78. The highest BCUT2D eigenvalue weighted by molar-refractivity contribution is 6.42. The van der Waals surface area contributed by atoms with Crippen molar-refractivity contribution in [3.05, 3.63) is 54.6 Å². The molecule has 100 valence electrons. The van der Waals surface area contributed by atoms with E-state index < -0.39 is 0 Å². The van der Waals surface area contributed by atoms with Crippen molar-refractivity contribution in [2.24, 2.45) is 5.10 Å². The van der Waals surface area contributed by atoms with Crippen molar-refractivity contribution in [3.8, 4) is 11.1 Å². The van der Waals surface area contributed by atoms with Crippen molar-refractivity contribution < 1.29 is 4.79 Å². The Labute approximate surface area is 118 Å². The summed E-state index contributed by atoms with van der Waals surface area (Å²) in [5, 5.41) is 6.13. The first-order valence-electron chi connectivity index (χ1n) is 6.81. The molecule has 2 aromatic rings. The van der Waals surface area contributed by atoms with Gasteiger partial charge in [-0.05, 0) is 29.7 Å². The Hall–Kier alpha value is -2.42. The van der Waals surface area contributed by atoms with E-state index in [0.29, 0.717) is 18.7 Å². The van der Waals surface area contributed by atoms with E-state index in [9.17, 15) is 4.79 Å². The summed E-state index contributed by atoms with van der Waals surface area (Å²) in [5.41, 5.74) is 3.98. The quantitative estimate of drug-likeness (QED) is 0.849. The second-order valence-electron chi connectivity index (χ2n) is 4.79. The van der Waals surface area contributed by atoms with Gasteiger partial charge in [-0.15, -0.1) is 0 Å². The van der Waals surface area contributed by atoms with Crippen LogP contribution < -0.4 is 5.01 Å². The molecule has 0 bridgehead atoms. The summed E-state index contributed by atoms with van der Waals surface area (Å²) < 4.78 is 0. The minimum Gasteiger partial charge on any atom is -0.291 e. The summed E-state index contributed by atoms with van der Waals surface area (Å²) in [7, 11) is 0. The van der Waals surface area contributed by atoms with Gasteiger partial charge in [0.05, 0.1) is 5.69 Å². The number of nitrogens with zero attached hydrogens (tertiary/aromatic N) is 2. The lowest BCUT2D eigenvalue weighted by Crippen LogP contribution is -2.18. The van der Waals surface area contributed by atoms with E-state index in [4.69, 9.17) is 0 Å². The summed E-state index contributed by atoms with van der Waals surface area (Å²) >= 11 is 0. The molecule has 0 saturated heterocycles. The molecule has 0 fully saturated rings. The van der Waals surface area contributed by atoms with Crippen LogP contribution in [0, 0.1) is 0 Å². The number of anilines is 1. The Bertz CT molecular complexity index is 644. The minimum absolute atomic E-state index is 0.125. The average Bonchev–Trinajstić information content (AvgIpc) is 2.89. The Morgan fingerprint density at radius 2 is 1.65 bits per heavy atom. The molecule has 0 aromatic heterocycles. The van der Waals surface area contributed by atoms with Gasteiger partial charge >= 0.3 is 0 Å². The van der Waals surface area contributed by atoms with Crippen LogP contribution in [0.2, 0.25) is 0 Å². The molecule has 1 aliphatic rings. The lowest BCUT2D eigenvalue weighted by molar-refractivity contribution is -0.111. The number of carbonyl (C=O) groups excluding carboxylic acids is 1. The summed E-state index contributed by atoms with van der Waals surface area (Å²) in [6.07, 6.45) is 0.692. The van der Waals surface area contributed by atoms with Gasteiger partial charge < -0.3 is 0 Å². The van der Waals surface area contributed by atoms with Crippen LogP contribution in [0.1, 0.15) is 13.3 Å². The van der Waals surface area contributed by atoms with E-state index in [-0.39, 0.29) is 5.78 Å². The van der Waals surface area contributed by atoms with E-state index in [1.165, 1.54) is 11.1 Å². The summed E-state index contributed by atoms with van der Waals surface area (Å²) in [6, 6.07) is 18.4. The summed E-state index contributed by atoms with van der Waals surface area (Å²) in [6.45, 7) is 2.31. The van der Waals surface area contributed by atoms with Gasteiger partial charge in [0, 0.05) is 0 Å². The Balaban J connectivity index is 1.84. The zero-order chi connectivity index (χ0) is 13.9. The van der Waals surface area contributed by atoms with Crippen molar-refractivity contribution >= 4 is 17.2 Å². The van der Waals surface area contributed by atoms with Gasteiger partial charge in [-0.25, -0.2) is 0 Å². The fraction of sp³-hybridized carbons (Fsp3) is 0.176. The van der Waals surface area contributed by atoms with Gasteiger partial charge in [-0.1, -0.05) is 49.4 Å². The maximum absolute atomic E-state index is 11.7. The molecule has 0 N–H and O–H groups in total. The van der Waals surface area contributed by atoms with Crippen LogP contribution in [0.15, 0.2) is 59.7 Å². The fourth-order valence-corrected chi connectivity index (χ4v) is 2.34. The highest BCUT2D eigenvalue weighted by Gasteiger charge is 2.22. The fourth-order valence-electron chi connectivity index (χ4n) is 2.34. The van der Waals surface area contributed by atoms with Gasteiger partial charge in [0.15, 0.2) is 5.78 Å². The zero-order valence-electron chi connectivity index (χ0n) is 11.4. The van der Waals surface area contributed by atoms with E-state index in [1.54, 1.807) is 5.01 Å². The molecule has 3 rings (SSSR count). The van der Waals surface area contributed by atoms with Crippen LogP contribution >= 0.6 is 0 Å². The second-order valence-corrected chi connectivity index (χ2v) is 4.79. The van der Waals surface area contributed by atoms with Crippen molar-refractivity contribution in [1.29, 1.82) is 0 Å². The molecule has 0 atom stereocenters. The smallest absolute Gasteiger partial charge is 0.200 e. The molecule has 0 aliphatic carbocycles. The SMILES string of the molecule is CCC1=NN(c2ccc(-c3ccccc3)cc2)CC1=O. The average molecular weight is 264 g/mol. The Morgan fingerprint density at radius 3 is 2.25 bits per heavy atom. The third-order valence-corrected chi connectivity index (χ3v) is 3.46. The largest absolute Gasteiger partial charge is 0.291 e. The van der Waals surface area contributed by atoms with Crippen LogP contribution in [-0.4, -0.2) is 18.0 Å². The maximum Gasteiger partial charge on any atom is 0.200 e. The number of hydrogen-bond donors (Lipinski definition) is 0. The predicted octanol–water partition coefficient (Wildman–Crippen LogP) is 3.51. The van der Waals surface area contributed by atoms with Crippen molar-refractivity contribution in [1.82, 2.24) is 0 Å². The standard InChI is InChI=1S/C17H16N2O/c1-2-16-17(20)12-19(18-16)15-10-8-14(9-11-15)13-6-4-3-5-7-13/h3-11H,2,12H2,1H3.